The molecule has 0 saturated heterocycles. The van der Waals surface area contributed by atoms with Crippen LogP contribution >= 0.6 is 0 Å². The second kappa shape index (κ2) is 12.4. The standard InChI is InChI=1S/C31H23F4N5O3/c32-25-10-13-27(28(33)15-25)30(42,19-40-20-37-38-39-40)31(34,35)29-14-9-22(16-36-29)2-1-21-7-11-26(12-8-21)43-18-24-5-3-23(17-41)4-6-24/h3-16,20,41-42H,17-19H2. The summed E-state index contributed by atoms with van der Waals surface area (Å²) in [6.07, 6.45) is 2.08. The monoisotopic (exact) mass is 589 g/mol. The molecule has 12 heteroatoms. The Morgan fingerprint density at radius 3 is 2.19 bits per heavy atom. The van der Waals surface area contributed by atoms with E-state index >= 15 is 8.78 Å². The van der Waals surface area contributed by atoms with Crippen LogP contribution in [0.1, 0.15) is 33.5 Å². The number of hydrogen-bond donors (Lipinski definition) is 2. The third-order valence-electron chi connectivity index (χ3n) is 6.58. The van der Waals surface area contributed by atoms with Crippen LogP contribution in [0.4, 0.5) is 17.6 Å². The Morgan fingerprint density at radius 2 is 1.56 bits per heavy atom. The molecule has 0 aliphatic heterocycles. The van der Waals surface area contributed by atoms with Crippen LogP contribution < -0.4 is 4.74 Å². The molecule has 0 fully saturated rings. The number of rotatable bonds is 9. The summed E-state index contributed by atoms with van der Waals surface area (Å²) in [5.74, 6) is -0.160. The van der Waals surface area contributed by atoms with Crippen molar-refractivity contribution in [2.75, 3.05) is 0 Å². The van der Waals surface area contributed by atoms with Crippen LogP contribution in [0.15, 0.2) is 91.4 Å². The van der Waals surface area contributed by atoms with Crippen molar-refractivity contribution in [1.29, 1.82) is 0 Å². The molecule has 2 heterocycles. The number of ether oxygens (including phenoxy) is 1. The predicted octanol–water partition coefficient (Wildman–Crippen LogP) is 4.50. The second-order valence-corrected chi connectivity index (χ2v) is 9.54. The molecule has 3 aromatic carbocycles. The summed E-state index contributed by atoms with van der Waals surface area (Å²) in [5.41, 5.74) is -2.25. The summed E-state index contributed by atoms with van der Waals surface area (Å²) in [4.78, 5) is 3.81. The van der Waals surface area contributed by atoms with Gasteiger partial charge in [0.15, 0.2) is 5.60 Å². The van der Waals surface area contributed by atoms with Gasteiger partial charge in [0.1, 0.15) is 36.0 Å². The molecule has 0 spiro atoms. The van der Waals surface area contributed by atoms with Gasteiger partial charge >= 0.3 is 5.92 Å². The molecule has 8 nitrogen and oxygen atoms in total. The van der Waals surface area contributed by atoms with Crippen LogP contribution in [-0.2, 0) is 31.3 Å². The van der Waals surface area contributed by atoms with E-state index in [1.807, 2.05) is 24.3 Å². The fourth-order valence-corrected chi connectivity index (χ4v) is 4.22. The Bertz CT molecular complexity index is 1740. The summed E-state index contributed by atoms with van der Waals surface area (Å²) in [7, 11) is 0. The first-order valence-electron chi connectivity index (χ1n) is 12.8. The third-order valence-corrected chi connectivity index (χ3v) is 6.58. The lowest BCUT2D eigenvalue weighted by molar-refractivity contribution is -0.207. The lowest BCUT2D eigenvalue weighted by Crippen LogP contribution is -2.48. The molecule has 2 N–H and O–H groups in total. The van der Waals surface area contributed by atoms with Gasteiger partial charge in [-0.3, -0.25) is 4.98 Å². The predicted molar refractivity (Wildman–Crippen MR) is 145 cm³/mol. The topological polar surface area (TPSA) is 106 Å². The van der Waals surface area contributed by atoms with Gasteiger partial charge < -0.3 is 14.9 Å². The van der Waals surface area contributed by atoms with Crippen molar-refractivity contribution in [3.05, 3.63) is 137 Å². The first-order chi connectivity index (χ1) is 20.7. The van der Waals surface area contributed by atoms with Crippen LogP contribution in [0.3, 0.4) is 0 Å². The Morgan fingerprint density at radius 1 is 0.860 bits per heavy atom. The van der Waals surface area contributed by atoms with Gasteiger partial charge in [-0.05, 0) is 70.1 Å². The maximum atomic E-state index is 15.9. The first-order valence-corrected chi connectivity index (χ1v) is 12.8. The lowest BCUT2D eigenvalue weighted by atomic mass is 9.84. The summed E-state index contributed by atoms with van der Waals surface area (Å²) in [6, 6.07) is 18.5. The number of aliphatic hydroxyl groups is 2. The summed E-state index contributed by atoms with van der Waals surface area (Å²) in [5, 5.41) is 30.6. The number of aromatic nitrogens is 5. The van der Waals surface area contributed by atoms with E-state index in [1.165, 1.54) is 6.07 Å². The number of aliphatic hydroxyl groups excluding tert-OH is 1. The zero-order valence-electron chi connectivity index (χ0n) is 22.3. The maximum absolute atomic E-state index is 15.9. The Kier molecular flexibility index (Phi) is 8.47. The molecule has 1 atom stereocenters. The van der Waals surface area contributed by atoms with Crippen molar-refractivity contribution in [1.82, 2.24) is 25.2 Å². The van der Waals surface area contributed by atoms with Gasteiger partial charge in [0.05, 0.1) is 13.2 Å². The molecule has 0 radical (unpaired) electrons. The minimum Gasteiger partial charge on any atom is -0.489 e. The van der Waals surface area contributed by atoms with E-state index < -0.39 is 41.0 Å². The van der Waals surface area contributed by atoms with E-state index in [2.05, 4.69) is 32.4 Å². The van der Waals surface area contributed by atoms with Gasteiger partial charge in [0, 0.05) is 29.0 Å². The average Bonchev–Trinajstić information content (AvgIpc) is 3.52. The first kappa shape index (κ1) is 29.4. The fraction of sp³-hybridized carbons (Fsp3) is 0.161. The Labute approximate surface area is 243 Å². The van der Waals surface area contributed by atoms with Crippen LogP contribution in [0.25, 0.3) is 0 Å². The highest BCUT2D eigenvalue weighted by Gasteiger charge is 2.58. The van der Waals surface area contributed by atoms with Gasteiger partial charge in [-0.1, -0.05) is 36.1 Å². The quantitative estimate of drug-likeness (QED) is 0.193. The van der Waals surface area contributed by atoms with Gasteiger partial charge in [-0.2, -0.15) is 8.78 Å². The SMILES string of the molecule is OCc1ccc(COc2ccc(C#Cc3ccc(C(F)(F)C(O)(Cn4cnnn4)c4ccc(F)cc4F)nc3)cc2)cc1. The molecule has 2 aromatic heterocycles. The summed E-state index contributed by atoms with van der Waals surface area (Å²) < 4.78 is 66.5. The zero-order chi connectivity index (χ0) is 30.5. The lowest BCUT2D eigenvalue weighted by Gasteiger charge is -2.35. The van der Waals surface area contributed by atoms with Gasteiger partial charge in [-0.15, -0.1) is 5.10 Å². The van der Waals surface area contributed by atoms with Gasteiger partial charge in [0.25, 0.3) is 0 Å². The molecule has 0 saturated carbocycles. The second-order valence-electron chi connectivity index (χ2n) is 9.54. The maximum Gasteiger partial charge on any atom is 0.323 e. The fourth-order valence-electron chi connectivity index (χ4n) is 4.22. The van der Waals surface area contributed by atoms with Crippen LogP contribution in [0.5, 0.6) is 5.75 Å². The number of tetrazole rings is 1. The minimum atomic E-state index is -4.17. The molecule has 0 aliphatic carbocycles. The Balaban J connectivity index is 1.31. The molecular formula is C31H23F4N5O3. The van der Waals surface area contributed by atoms with Crippen molar-refractivity contribution >= 4 is 0 Å². The van der Waals surface area contributed by atoms with E-state index in [-0.39, 0.29) is 6.61 Å². The normalized spacial score (nSPS) is 12.7. The molecule has 0 amide bonds. The average molecular weight is 590 g/mol. The number of nitrogens with zero attached hydrogens (tertiary/aromatic N) is 5. The summed E-state index contributed by atoms with van der Waals surface area (Å²) in [6.45, 7) is -0.631. The van der Waals surface area contributed by atoms with Crippen molar-refractivity contribution in [3.8, 4) is 17.6 Å². The van der Waals surface area contributed by atoms with Gasteiger partial charge in [-0.25, -0.2) is 13.5 Å². The van der Waals surface area contributed by atoms with Crippen molar-refractivity contribution in [2.24, 2.45) is 0 Å². The molecule has 0 bridgehead atoms. The number of alkyl halides is 2. The Hall–Kier alpha value is -5.12. The highest BCUT2D eigenvalue weighted by molar-refractivity contribution is 5.44. The largest absolute Gasteiger partial charge is 0.489 e. The number of hydrogen-bond acceptors (Lipinski definition) is 7. The zero-order valence-corrected chi connectivity index (χ0v) is 22.3. The molecule has 5 aromatic rings. The minimum absolute atomic E-state index is 0.0264. The number of pyridine rings is 1. The van der Waals surface area contributed by atoms with Crippen molar-refractivity contribution < 1.29 is 32.5 Å². The van der Waals surface area contributed by atoms with Crippen molar-refractivity contribution in [3.63, 3.8) is 0 Å². The highest BCUT2D eigenvalue weighted by atomic mass is 19.3. The molecule has 0 aliphatic rings. The van der Waals surface area contributed by atoms with Crippen molar-refractivity contribution in [2.45, 2.75) is 31.3 Å². The van der Waals surface area contributed by atoms with Crippen LogP contribution in [0.2, 0.25) is 0 Å². The van der Waals surface area contributed by atoms with E-state index in [1.54, 1.807) is 24.3 Å². The van der Waals surface area contributed by atoms with Gasteiger partial charge in [0.2, 0.25) is 0 Å². The smallest absolute Gasteiger partial charge is 0.323 e. The van der Waals surface area contributed by atoms with E-state index in [4.69, 9.17) is 9.84 Å². The third kappa shape index (κ3) is 6.53. The van der Waals surface area contributed by atoms with Crippen LogP contribution in [-0.4, -0.2) is 35.4 Å². The highest BCUT2D eigenvalue weighted by Crippen LogP contribution is 2.46. The van der Waals surface area contributed by atoms with E-state index in [0.717, 1.165) is 46.5 Å². The number of benzene rings is 3. The van der Waals surface area contributed by atoms with E-state index in [0.29, 0.717) is 29.5 Å². The summed E-state index contributed by atoms with van der Waals surface area (Å²) >= 11 is 0. The number of halogens is 4. The van der Waals surface area contributed by atoms with Crippen LogP contribution in [0, 0.1) is 23.5 Å². The molecular weight excluding hydrogens is 566 g/mol. The molecule has 5 rings (SSSR count). The molecule has 43 heavy (non-hydrogen) atoms. The van der Waals surface area contributed by atoms with E-state index in [9.17, 15) is 13.9 Å². The molecule has 1 unspecified atom stereocenters. The molecule has 218 valence electrons.